The van der Waals surface area contributed by atoms with Gasteiger partial charge in [-0.25, -0.2) is 4.79 Å². The van der Waals surface area contributed by atoms with Gasteiger partial charge in [0.2, 0.25) is 0 Å². The molecule has 16 heavy (non-hydrogen) atoms. The lowest BCUT2D eigenvalue weighted by molar-refractivity contribution is -0.149. The van der Waals surface area contributed by atoms with Gasteiger partial charge in [-0.3, -0.25) is 4.79 Å². The molecule has 0 spiro atoms. The van der Waals surface area contributed by atoms with Crippen molar-refractivity contribution in [2.24, 2.45) is 0 Å². The van der Waals surface area contributed by atoms with Crippen LogP contribution in [0.3, 0.4) is 0 Å². The maximum Gasteiger partial charge on any atom is 0.330 e. The van der Waals surface area contributed by atoms with Crippen LogP contribution in [0.15, 0.2) is 12.7 Å². The standard InChI is InChI=1S/C11H18O4S/c1-4-10(12)14-7-6-11(13)15-9(3)8-16-5-2/h4,9H,1,5-8H2,2-3H3. The van der Waals surface area contributed by atoms with Crippen molar-refractivity contribution in [3.8, 4) is 0 Å². The Morgan fingerprint density at radius 1 is 1.50 bits per heavy atom. The zero-order valence-electron chi connectivity index (χ0n) is 9.73. The lowest BCUT2D eigenvalue weighted by Gasteiger charge is -2.12. The third-order valence-corrected chi connectivity index (χ3v) is 2.72. The zero-order valence-corrected chi connectivity index (χ0v) is 10.5. The Morgan fingerprint density at radius 3 is 2.75 bits per heavy atom. The van der Waals surface area contributed by atoms with Crippen LogP contribution in [0.2, 0.25) is 0 Å². The Kier molecular flexibility index (Phi) is 8.71. The van der Waals surface area contributed by atoms with Crippen LogP contribution < -0.4 is 0 Å². The fourth-order valence-corrected chi connectivity index (χ4v) is 1.53. The second-order valence-corrected chi connectivity index (χ2v) is 4.40. The molecule has 0 aliphatic rings. The minimum absolute atomic E-state index is 0.0390. The summed E-state index contributed by atoms with van der Waals surface area (Å²) in [4.78, 5) is 21.9. The molecule has 0 rings (SSSR count). The summed E-state index contributed by atoms with van der Waals surface area (Å²) in [7, 11) is 0. The van der Waals surface area contributed by atoms with E-state index in [-0.39, 0.29) is 25.1 Å². The van der Waals surface area contributed by atoms with Gasteiger partial charge in [0.25, 0.3) is 0 Å². The maximum atomic E-state index is 11.2. The quantitative estimate of drug-likeness (QED) is 0.483. The average Bonchev–Trinajstić information content (AvgIpc) is 2.25. The Hall–Kier alpha value is -0.970. The first-order valence-electron chi connectivity index (χ1n) is 5.16. The molecular weight excluding hydrogens is 228 g/mol. The summed E-state index contributed by atoms with van der Waals surface area (Å²) >= 11 is 1.71. The molecule has 0 fully saturated rings. The van der Waals surface area contributed by atoms with E-state index >= 15 is 0 Å². The van der Waals surface area contributed by atoms with E-state index in [2.05, 4.69) is 11.3 Å². The van der Waals surface area contributed by atoms with Gasteiger partial charge in [0, 0.05) is 11.8 Å². The highest BCUT2D eigenvalue weighted by atomic mass is 32.2. The van der Waals surface area contributed by atoms with Crippen molar-refractivity contribution in [3.63, 3.8) is 0 Å². The summed E-state index contributed by atoms with van der Waals surface area (Å²) in [6.07, 6.45) is 1.04. The van der Waals surface area contributed by atoms with Crippen LogP contribution in [0.1, 0.15) is 20.3 Å². The summed E-state index contributed by atoms with van der Waals surface area (Å²) in [5.41, 5.74) is 0. The minimum atomic E-state index is -0.526. The maximum absolute atomic E-state index is 11.2. The predicted octanol–water partition coefficient (Wildman–Crippen LogP) is 1.79. The number of thioether (sulfide) groups is 1. The van der Waals surface area contributed by atoms with Crippen molar-refractivity contribution < 1.29 is 19.1 Å². The Balaban J connectivity index is 3.57. The predicted molar refractivity (Wildman–Crippen MR) is 64.3 cm³/mol. The normalized spacial score (nSPS) is 11.6. The van der Waals surface area contributed by atoms with Crippen molar-refractivity contribution >= 4 is 23.7 Å². The number of esters is 2. The van der Waals surface area contributed by atoms with Crippen molar-refractivity contribution in [2.75, 3.05) is 18.1 Å². The van der Waals surface area contributed by atoms with Crippen LogP contribution in [-0.4, -0.2) is 36.2 Å². The molecule has 4 nitrogen and oxygen atoms in total. The summed E-state index contributed by atoms with van der Waals surface area (Å²) < 4.78 is 9.75. The van der Waals surface area contributed by atoms with E-state index < -0.39 is 5.97 Å². The first kappa shape index (κ1) is 15.0. The third kappa shape index (κ3) is 8.35. The van der Waals surface area contributed by atoms with E-state index in [9.17, 15) is 9.59 Å². The highest BCUT2D eigenvalue weighted by molar-refractivity contribution is 7.99. The number of hydrogen-bond acceptors (Lipinski definition) is 5. The Bertz CT molecular complexity index is 240. The molecule has 1 atom stereocenters. The largest absolute Gasteiger partial charge is 0.462 e. The fourth-order valence-electron chi connectivity index (χ4n) is 0.895. The highest BCUT2D eigenvalue weighted by Gasteiger charge is 2.09. The summed E-state index contributed by atoms with van der Waals surface area (Å²) in [6.45, 7) is 7.18. The Morgan fingerprint density at radius 2 is 2.19 bits per heavy atom. The molecular formula is C11H18O4S. The third-order valence-electron chi connectivity index (χ3n) is 1.61. The first-order chi connectivity index (χ1) is 7.60. The van der Waals surface area contributed by atoms with Crippen LogP contribution in [-0.2, 0) is 19.1 Å². The van der Waals surface area contributed by atoms with Gasteiger partial charge in [-0.2, -0.15) is 11.8 Å². The summed E-state index contributed by atoms with van der Waals surface area (Å²) in [6, 6.07) is 0. The van der Waals surface area contributed by atoms with Crippen molar-refractivity contribution in [1.82, 2.24) is 0 Å². The van der Waals surface area contributed by atoms with Gasteiger partial charge >= 0.3 is 11.9 Å². The van der Waals surface area contributed by atoms with Crippen LogP contribution in [0.25, 0.3) is 0 Å². The molecule has 0 aromatic heterocycles. The van der Waals surface area contributed by atoms with Gasteiger partial charge in [0.05, 0.1) is 6.42 Å². The van der Waals surface area contributed by atoms with E-state index in [0.29, 0.717) is 0 Å². The van der Waals surface area contributed by atoms with Crippen molar-refractivity contribution in [1.29, 1.82) is 0 Å². The number of ether oxygens (including phenoxy) is 2. The van der Waals surface area contributed by atoms with Crippen LogP contribution >= 0.6 is 11.8 Å². The van der Waals surface area contributed by atoms with Gasteiger partial charge in [-0.1, -0.05) is 13.5 Å². The second-order valence-electron chi connectivity index (χ2n) is 3.08. The van der Waals surface area contributed by atoms with E-state index in [4.69, 9.17) is 4.74 Å². The van der Waals surface area contributed by atoms with Crippen LogP contribution in [0.5, 0.6) is 0 Å². The van der Waals surface area contributed by atoms with E-state index in [0.717, 1.165) is 17.6 Å². The molecule has 0 N–H and O–H groups in total. The van der Waals surface area contributed by atoms with Crippen LogP contribution in [0.4, 0.5) is 0 Å². The fraction of sp³-hybridized carbons (Fsp3) is 0.636. The highest BCUT2D eigenvalue weighted by Crippen LogP contribution is 2.05. The van der Waals surface area contributed by atoms with Crippen LogP contribution in [0, 0.1) is 0 Å². The molecule has 92 valence electrons. The molecule has 5 heteroatoms. The molecule has 0 bridgehead atoms. The second kappa shape index (κ2) is 9.27. The lowest BCUT2D eigenvalue weighted by atomic mass is 10.4. The number of hydrogen-bond donors (Lipinski definition) is 0. The molecule has 1 unspecified atom stereocenters. The summed E-state index contributed by atoms with van der Waals surface area (Å²) in [5, 5.41) is 0. The molecule has 0 aromatic carbocycles. The molecule has 0 aliphatic carbocycles. The molecule has 0 saturated heterocycles. The minimum Gasteiger partial charge on any atom is -0.462 e. The summed E-state index contributed by atoms with van der Waals surface area (Å²) in [5.74, 6) is 0.913. The number of rotatable bonds is 8. The molecule has 0 saturated carbocycles. The molecule has 0 radical (unpaired) electrons. The smallest absolute Gasteiger partial charge is 0.330 e. The average molecular weight is 246 g/mol. The van der Waals surface area contributed by atoms with Gasteiger partial charge in [0.1, 0.15) is 12.7 Å². The molecule has 0 aliphatic heterocycles. The molecule has 0 amide bonds. The monoisotopic (exact) mass is 246 g/mol. The van der Waals surface area contributed by atoms with Crippen molar-refractivity contribution in [2.45, 2.75) is 26.4 Å². The van der Waals surface area contributed by atoms with Gasteiger partial charge in [0.15, 0.2) is 0 Å². The first-order valence-corrected chi connectivity index (χ1v) is 6.32. The van der Waals surface area contributed by atoms with Gasteiger partial charge < -0.3 is 9.47 Å². The molecule has 0 aromatic rings. The number of carbonyl (C=O) groups is 2. The van der Waals surface area contributed by atoms with Crippen molar-refractivity contribution in [3.05, 3.63) is 12.7 Å². The molecule has 0 heterocycles. The number of carbonyl (C=O) groups excluding carboxylic acids is 2. The Labute approximate surface area is 100 Å². The SMILES string of the molecule is C=CC(=O)OCCC(=O)OC(C)CSCC. The van der Waals surface area contributed by atoms with E-state index in [1.807, 2.05) is 13.8 Å². The topological polar surface area (TPSA) is 52.6 Å². The van der Waals surface area contributed by atoms with Gasteiger partial charge in [-0.05, 0) is 12.7 Å². The lowest BCUT2D eigenvalue weighted by Crippen LogP contribution is -2.19. The van der Waals surface area contributed by atoms with E-state index in [1.54, 1.807) is 11.8 Å². The zero-order chi connectivity index (χ0) is 12.4. The van der Waals surface area contributed by atoms with E-state index in [1.165, 1.54) is 0 Å². The van der Waals surface area contributed by atoms with Gasteiger partial charge in [-0.15, -0.1) is 0 Å².